The molecule has 0 amide bonds. The van der Waals surface area contributed by atoms with E-state index in [0.717, 1.165) is 13.0 Å². The lowest BCUT2D eigenvalue weighted by molar-refractivity contribution is 0.236. The fourth-order valence-electron chi connectivity index (χ4n) is 1.17. The van der Waals surface area contributed by atoms with Gasteiger partial charge in [-0.05, 0) is 19.3 Å². The highest BCUT2D eigenvalue weighted by Gasteiger charge is 2.18. The molecular weight excluding hydrogens is 102 g/mol. The molecule has 2 nitrogen and oxygen atoms in total. The van der Waals surface area contributed by atoms with Crippen molar-refractivity contribution in [3.8, 4) is 0 Å². The third-order valence-corrected chi connectivity index (χ3v) is 1.70. The summed E-state index contributed by atoms with van der Waals surface area (Å²) in [4.78, 5) is 0. The Labute approximate surface area is 49.9 Å². The predicted molar refractivity (Wildman–Crippen MR) is 32.7 cm³/mol. The molecule has 1 aliphatic heterocycles. The van der Waals surface area contributed by atoms with E-state index < -0.39 is 0 Å². The molecule has 0 saturated carbocycles. The molecule has 0 radical (unpaired) electrons. The molecule has 1 heterocycles. The summed E-state index contributed by atoms with van der Waals surface area (Å²) in [6.45, 7) is 3.49. The summed E-state index contributed by atoms with van der Waals surface area (Å²) in [6.07, 6.45) is 1.14. The molecule has 2 heteroatoms. The van der Waals surface area contributed by atoms with Gasteiger partial charge in [-0.1, -0.05) is 0 Å². The highest BCUT2D eigenvalue weighted by atomic mass is 16.3. The largest absolute Gasteiger partial charge is 0.396 e. The van der Waals surface area contributed by atoms with Gasteiger partial charge in [0.25, 0.3) is 0 Å². The van der Waals surface area contributed by atoms with Gasteiger partial charge < -0.3 is 10.4 Å². The smallest absolute Gasteiger partial charge is 0.0471 e. The molecule has 0 aliphatic carbocycles. The lowest BCUT2D eigenvalue weighted by atomic mass is 10.1. The minimum Gasteiger partial charge on any atom is -0.396 e. The summed E-state index contributed by atoms with van der Waals surface area (Å²) in [5, 5.41) is 11.9. The van der Waals surface area contributed by atoms with E-state index in [1.54, 1.807) is 0 Å². The molecular formula is C6H13NO. The van der Waals surface area contributed by atoms with E-state index in [9.17, 15) is 0 Å². The monoisotopic (exact) mass is 115 g/mol. The Kier molecular flexibility index (Phi) is 1.86. The average Bonchev–Trinajstić information content (AvgIpc) is 2.14. The van der Waals surface area contributed by atoms with Crippen LogP contribution >= 0.6 is 0 Å². The molecule has 2 atom stereocenters. The van der Waals surface area contributed by atoms with E-state index in [-0.39, 0.29) is 0 Å². The number of hydrogen-bond acceptors (Lipinski definition) is 2. The van der Waals surface area contributed by atoms with Gasteiger partial charge in [-0.2, -0.15) is 0 Å². The molecule has 1 fully saturated rings. The van der Waals surface area contributed by atoms with Gasteiger partial charge in [0, 0.05) is 19.2 Å². The van der Waals surface area contributed by atoms with Gasteiger partial charge in [-0.15, -0.1) is 0 Å². The van der Waals surface area contributed by atoms with Crippen LogP contribution in [0.2, 0.25) is 0 Å². The minimum atomic E-state index is 0.345. The van der Waals surface area contributed by atoms with E-state index in [1.165, 1.54) is 0 Å². The van der Waals surface area contributed by atoms with Crippen molar-refractivity contribution in [1.29, 1.82) is 0 Å². The van der Waals surface area contributed by atoms with Crippen molar-refractivity contribution in [1.82, 2.24) is 5.32 Å². The Balaban J connectivity index is 2.22. The van der Waals surface area contributed by atoms with Gasteiger partial charge in [-0.3, -0.25) is 0 Å². The summed E-state index contributed by atoms with van der Waals surface area (Å²) < 4.78 is 0. The Morgan fingerprint density at radius 1 is 1.75 bits per heavy atom. The zero-order chi connectivity index (χ0) is 5.98. The van der Waals surface area contributed by atoms with Crippen molar-refractivity contribution < 1.29 is 5.11 Å². The fraction of sp³-hybridized carbons (Fsp3) is 1.00. The van der Waals surface area contributed by atoms with Crippen LogP contribution in [0.15, 0.2) is 0 Å². The van der Waals surface area contributed by atoms with Crippen molar-refractivity contribution in [2.24, 2.45) is 5.92 Å². The standard InChI is InChI=1S/C6H13NO/c1-5-2-6(4-8)3-7-5/h5-8H,2-4H2,1H3/t5-,6?/m0/s1. The van der Waals surface area contributed by atoms with Crippen LogP contribution in [0.25, 0.3) is 0 Å². The highest BCUT2D eigenvalue weighted by molar-refractivity contribution is 4.76. The SMILES string of the molecule is C[C@H]1CC(CO)CN1. The van der Waals surface area contributed by atoms with Crippen LogP contribution in [-0.4, -0.2) is 24.3 Å². The third kappa shape index (κ3) is 1.20. The van der Waals surface area contributed by atoms with Crippen molar-refractivity contribution in [2.75, 3.05) is 13.2 Å². The maximum absolute atomic E-state index is 8.64. The summed E-state index contributed by atoms with van der Waals surface area (Å²) in [6, 6.07) is 0.618. The molecule has 0 spiro atoms. The fourth-order valence-corrected chi connectivity index (χ4v) is 1.17. The van der Waals surface area contributed by atoms with Crippen LogP contribution in [0, 0.1) is 5.92 Å². The number of aliphatic hydroxyl groups is 1. The maximum Gasteiger partial charge on any atom is 0.0471 e. The molecule has 0 bridgehead atoms. The van der Waals surface area contributed by atoms with E-state index in [4.69, 9.17) is 5.11 Å². The van der Waals surface area contributed by atoms with E-state index in [0.29, 0.717) is 18.6 Å². The first-order chi connectivity index (χ1) is 3.83. The molecule has 1 unspecified atom stereocenters. The van der Waals surface area contributed by atoms with Crippen LogP contribution in [0.5, 0.6) is 0 Å². The minimum absolute atomic E-state index is 0.345. The molecule has 0 aromatic heterocycles. The Bertz CT molecular complexity index is 74.9. The maximum atomic E-state index is 8.64. The second-order valence-corrected chi connectivity index (χ2v) is 2.59. The van der Waals surface area contributed by atoms with Gasteiger partial charge in [0.05, 0.1) is 0 Å². The number of hydrogen-bond donors (Lipinski definition) is 2. The summed E-state index contributed by atoms with van der Waals surface area (Å²) in [5.41, 5.74) is 0. The second-order valence-electron chi connectivity index (χ2n) is 2.59. The van der Waals surface area contributed by atoms with Crippen LogP contribution in [0.1, 0.15) is 13.3 Å². The van der Waals surface area contributed by atoms with Gasteiger partial charge in [0.2, 0.25) is 0 Å². The van der Waals surface area contributed by atoms with Crippen molar-refractivity contribution in [3.63, 3.8) is 0 Å². The van der Waals surface area contributed by atoms with Crippen molar-refractivity contribution in [2.45, 2.75) is 19.4 Å². The van der Waals surface area contributed by atoms with E-state index in [2.05, 4.69) is 12.2 Å². The number of aliphatic hydroxyl groups excluding tert-OH is 1. The van der Waals surface area contributed by atoms with E-state index >= 15 is 0 Å². The first kappa shape index (κ1) is 6.05. The zero-order valence-electron chi connectivity index (χ0n) is 5.22. The number of nitrogens with one attached hydrogen (secondary N) is 1. The van der Waals surface area contributed by atoms with Crippen LogP contribution in [0.3, 0.4) is 0 Å². The topological polar surface area (TPSA) is 32.3 Å². The van der Waals surface area contributed by atoms with Crippen LogP contribution in [0.4, 0.5) is 0 Å². The molecule has 0 aromatic rings. The predicted octanol–water partition coefficient (Wildman–Crippen LogP) is -0.0233. The molecule has 48 valence electrons. The number of rotatable bonds is 1. The van der Waals surface area contributed by atoms with Gasteiger partial charge in [0.15, 0.2) is 0 Å². The second kappa shape index (κ2) is 2.46. The van der Waals surface area contributed by atoms with Gasteiger partial charge in [-0.25, -0.2) is 0 Å². The lowest BCUT2D eigenvalue weighted by Crippen LogP contribution is -2.17. The van der Waals surface area contributed by atoms with Crippen molar-refractivity contribution in [3.05, 3.63) is 0 Å². The molecule has 8 heavy (non-hydrogen) atoms. The average molecular weight is 115 g/mol. The van der Waals surface area contributed by atoms with E-state index in [1.807, 2.05) is 0 Å². The molecule has 1 rings (SSSR count). The molecule has 0 aromatic carbocycles. The summed E-state index contributed by atoms with van der Waals surface area (Å²) >= 11 is 0. The highest BCUT2D eigenvalue weighted by Crippen LogP contribution is 2.11. The first-order valence-corrected chi connectivity index (χ1v) is 3.17. The van der Waals surface area contributed by atoms with Crippen LogP contribution < -0.4 is 5.32 Å². The third-order valence-electron chi connectivity index (χ3n) is 1.70. The summed E-state index contributed by atoms with van der Waals surface area (Å²) in [5.74, 6) is 0.519. The quantitative estimate of drug-likeness (QED) is 0.503. The normalized spacial score (nSPS) is 38.2. The lowest BCUT2D eigenvalue weighted by Gasteiger charge is -1.99. The summed E-state index contributed by atoms with van der Waals surface area (Å²) in [7, 11) is 0. The Hall–Kier alpha value is -0.0800. The Morgan fingerprint density at radius 2 is 2.50 bits per heavy atom. The molecule has 1 saturated heterocycles. The molecule has 2 N–H and O–H groups in total. The molecule has 1 aliphatic rings. The Morgan fingerprint density at radius 3 is 2.75 bits per heavy atom. The van der Waals surface area contributed by atoms with Crippen LogP contribution in [-0.2, 0) is 0 Å². The first-order valence-electron chi connectivity index (χ1n) is 3.17. The zero-order valence-corrected chi connectivity index (χ0v) is 5.22. The van der Waals surface area contributed by atoms with Crippen molar-refractivity contribution >= 4 is 0 Å². The van der Waals surface area contributed by atoms with Gasteiger partial charge >= 0.3 is 0 Å². The van der Waals surface area contributed by atoms with Gasteiger partial charge in [0.1, 0.15) is 0 Å².